The van der Waals surface area contributed by atoms with Crippen LogP contribution in [0.2, 0.25) is 0 Å². The average Bonchev–Trinajstić information content (AvgIpc) is 3.05. The van der Waals surface area contributed by atoms with E-state index in [2.05, 4.69) is 0 Å². The zero-order chi connectivity index (χ0) is 20.3. The van der Waals surface area contributed by atoms with Crippen LogP contribution in [0.4, 0.5) is 0 Å². The molecule has 0 aromatic carbocycles. The van der Waals surface area contributed by atoms with Crippen LogP contribution in [0.15, 0.2) is 11.6 Å². The number of ketones is 1. The summed E-state index contributed by atoms with van der Waals surface area (Å²) in [5, 5.41) is 0. The van der Waals surface area contributed by atoms with Gasteiger partial charge in [0.2, 0.25) is 5.91 Å². The molecular weight excluding hydrogens is 358 g/mol. The van der Waals surface area contributed by atoms with Gasteiger partial charge in [-0.1, -0.05) is 0 Å². The average molecular weight is 381 g/mol. The summed E-state index contributed by atoms with van der Waals surface area (Å²) < 4.78 is 15.5. The number of allylic oxidation sites excluding steroid dienone is 1. The number of nitrogens with zero attached hydrogens (tertiary/aromatic N) is 1. The summed E-state index contributed by atoms with van der Waals surface area (Å²) in [6, 6.07) is 0. The van der Waals surface area contributed by atoms with Crippen molar-refractivity contribution in [3.05, 3.63) is 11.6 Å². The molecule has 1 saturated heterocycles. The molecule has 1 aliphatic carbocycles. The van der Waals surface area contributed by atoms with Crippen molar-refractivity contribution in [2.24, 2.45) is 11.8 Å². The second-order valence-electron chi connectivity index (χ2n) is 6.68. The fraction of sp³-hybridized carbons (Fsp3) is 0.611. The molecule has 9 nitrogen and oxygen atoms in total. The molecule has 0 radical (unpaired) electrons. The lowest BCUT2D eigenvalue weighted by atomic mass is 9.85. The zero-order valence-corrected chi connectivity index (χ0v) is 15.7. The number of hydrogen-bond acceptors (Lipinski definition) is 8. The van der Waals surface area contributed by atoms with Crippen LogP contribution in [0.3, 0.4) is 0 Å². The molecule has 1 aliphatic heterocycles. The number of amides is 1. The third kappa shape index (κ3) is 4.93. The Kier molecular flexibility index (Phi) is 6.35. The molecule has 9 heteroatoms. The van der Waals surface area contributed by atoms with Gasteiger partial charge >= 0.3 is 17.9 Å². The third-order valence-electron chi connectivity index (χ3n) is 4.59. The number of hydrogen-bond donors (Lipinski definition) is 0. The summed E-state index contributed by atoms with van der Waals surface area (Å²) in [6.07, 6.45) is -0.821. The lowest BCUT2D eigenvalue weighted by Gasteiger charge is -2.32. The number of fused-ring (bicyclic) bond motifs is 1. The number of rotatable bonds is 6. The molecule has 148 valence electrons. The van der Waals surface area contributed by atoms with E-state index >= 15 is 0 Å². The largest absolute Gasteiger partial charge is 0.462 e. The molecule has 0 aromatic heterocycles. The van der Waals surface area contributed by atoms with Gasteiger partial charge in [0.25, 0.3) is 0 Å². The van der Waals surface area contributed by atoms with E-state index in [4.69, 9.17) is 14.2 Å². The lowest BCUT2D eigenvalue weighted by Crippen LogP contribution is -2.47. The Bertz CT molecular complexity index is 697. The highest BCUT2D eigenvalue weighted by molar-refractivity contribution is 5.97. The molecule has 2 aliphatic rings. The number of ether oxygens (including phenoxy) is 3. The van der Waals surface area contributed by atoms with Crippen molar-refractivity contribution in [1.29, 1.82) is 0 Å². The Labute approximate surface area is 156 Å². The van der Waals surface area contributed by atoms with E-state index < -0.39 is 36.0 Å². The molecular formula is C18H23NO8. The van der Waals surface area contributed by atoms with Crippen LogP contribution in [-0.2, 0) is 38.2 Å². The summed E-state index contributed by atoms with van der Waals surface area (Å²) in [6.45, 7) is 5.24. The molecule has 1 heterocycles. The van der Waals surface area contributed by atoms with Crippen molar-refractivity contribution in [2.45, 2.75) is 39.9 Å². The van der Waals surface area contributed by atoms with Gasteiger partial charge in [-0.25, -0.2) is 0 Å². The standard InChI is InChI=1S/C18H23NO8/c1-9(20)19-6-13-5-15(24)17(14(13)7-19)18(27-12(4)23)16(26-11(3)22)8-25-10(2)21/h5,14,16-18H,6-8H2,1-4H3/t14-,16+,17+,18+/m0/s1. The molecule has 0 spiro atoms. The molecule has 1 fully saturated rings. The maximum Gasteiger partial charge on any atom is 0.303 e. The fourth-order valence-electron chi connectivity index (χ4n) is 3.54. The highest BCUT2D eigenvalue weighted by atomic mass is 16.6. The first-order valence-corrected chi connectivity index (χ1v) is 8.57. The minimum Gasteiger partial charge on any atom is -0.462 e. The van der Waals surface area contributed by atoms with Gasteiger partial charge in [0, 0.05) is 46.7 Å². The van der Waals surface area contributed by atoms with E-state index in [1.807, 2.05) is 0 Å². The summed E-state index contributed by atoms with van der Waals surface area (Å²) in [7, 11) is 0. The first-order chi connectivity index (χ1) is 12.6. The predicted octanol–water partition coefficient (Wildman–Crippen LogP) is 0.0165. The Morgan fingerprint density at radius 1 is 1.07 bits per heavy atom. The van der Waals surface area contributed by atoms with Crippen molar-refractivity contribution >= 4 is 29.6 Å². The lowest BCUT2D eigenvalue weighted by molar-refractivity contribution is -0.179. The first-order valence-electron chi connectivity index (χ1n) is 8.57. The minimum atomic E-state index is -1.14. The van der Waals surface area contributed by atoms with Crippen LogP contribution in [0, 0.1) is 11.8 Å². The van der Waals surface area contributed by atoms with Crippen LogP contribution in [0.25, 0.3) is 0 Å². The number of esters is 3. The highest BCUT2D eigenvalue weighted by Crippen LogP contribution is 2.39. The zero-order valence-electron chi connectivity index (χ0n) is 15.7. The van der Waals surface area contributed by atoms with Gasteiger partial charge < -0.3 is 19.1 Å². The van der Waals surface area contributed by atoms with Crippen molar-refractivity contribution in [3.63, 3.8) is 0 Å². The van der Waals surface area contributed by atoms with Crippen LogP contribution in [0.1, 0.15) is 27.7 Å². The van der Waals surface area contributed by atoms with Gasteiger partial charge in [-0.2, -0.15) is 0 Å². The van der Waals surface area contributed by atoms with Gasteiger partial charge in [-0.15, -0.1) is 0 Å². The maximum atomic E-state index is 12.6. The van der Waals surface area contributed by atoms with Crippen LogP contribution in [0.5, 0.6) is 0 Å². The normalized spacial score (nSPS) is 23.2. The maximum absolute atomic E-state index is 12.6. The van der Waals surface area contributed by atoms with E-state index in [0.717, 1.165) is 5.57 Å². The van der Waals surface area contributed by atoms with Gasteiger partial charge in [0.05, 0.1) is 5.92 Å². The SMILES string of the molecule is CC(=O)OC[C@@H](OC(C)=O)[C@@H](OC(C)=O)[C@H]1C(=O)C=C2CN(C(C)=O)C[C@@H]21. The second-order valence-corrected chi connectivity index (χ2v) is 6.68. The van der Waals surface area contributed by atoms with E-state index in [0.29, 0.717) is 13.1 Å². The number of likely N-dealkylation sites (tertiary alicyclic amines) is 1. The van der Waals surface area contributed by atoms with Crippen molar-refractivity contribution in [1.82, 2.24) is 4.90 Å². The van der Waals surface area contributed by atoms with E-state index in [-0.39, 0.29) is 24.2 Å². The quantitative estimate of drug-likeness (QED) is 0.467. The summed E-state index contributed by atoms with van der Waals surface area (Å²) in [5.41, 5.74) is 0.770. The van der Waals surface area contributed by atoms with Crippen molar-refractivity contribution in [3.8, 4) is 0 Å². The number of carbonyl (C=O) groups is 5. The minimum absolute atomic E-state index is 0.128. The summed E-state index contributed by atoms with van der Waals surface area (Å²) in [5.74, 6) is -3.51. The molecule has 4 atom stereocenters. The van der Waals surface area contributed by atoms with E-state index in [1.165, 1.54) is 33.8 Å². The third-order valence-corrected chi connectivity index (χ3v) is 4.59. The Balaban J connectivity index is 2.31. The summed E-state index contributed by atoms with van der Waals surface area (Å²) in [4.78, 5) is 60.2. The Morgan fingerprint density at radius 2 is 1.70 bits per heavy atom. The molecule has 0 bridgehead atoms. The molecule has 0 unspecified atom stereocenters. The Hall–Kier alpha value is -2.71. The van der Waals surface area contributed by atoms with E-state index in [9.17, 15) is 24.0 Å². The van der Waals surface area contributed by atoms with Gasteiger partial charge in [-0.3, -0.25) is 24.0 Å². The molecule has 0 aromatic rings. The van der Waals surface area contributed by atoms with E-state index in [1.54, 1.807) is 4.90 Å². The van der Waals surface area contributed by atoms with Crippen molar-refractivity contribution in [2.75, 3.05) is 19.7 Å². The monoisotopic (exact) mass is 381 g/mol. The molecule has 0 saturated carbocycles. The van der Waals surface area contributed by atoms with Gasteiger partial charge in [0.1, 0.15) is 6.61 Å². The predicted molar refractivity (Wildman–Crippen MR) is 90.1 cm³/mol. The molecule has 27 heavy (non-hydrogen) atoms. The van der Waals surface area contributed by atoms with Gasteiger partial charge in [-0.05, 0) is 11.6 Å². The fourth-order valence-corrected chi connectivity index (χ4v) is 3.54. The highest BCUT2D eigenvalue weighted by Gasteiger charge is 2.50. The van der Waals surface area contributed by atoms with Crippen LogP contribution >= 0.6 is 0 Å². The second kappa shape index (κ2) is 8.32. The Morgan fingerprint density at radius 3 is 2.22 bits per heavy atom. The molecule has 0 N–H and O–H groups in total. The number of carbonyl (C=O) groups excluding carboxylic acids is 5. The van der Waals surface area contributed by atoms with Gasteiger partial charge in [0.15, 0.2) is 18.0 Å². The van der Waals surface area contributed by atoms with Crippen LogP contribution in [-0.4, -0.2) is 66.4 Å². The van der Waals surface area contributed by atoms with Crippen molar-refractivity contribution < 1.29 is 38.2 Å². The summed E-state index contributed by atoms with van der Waals surface area (Å²) >= 11 is 0. The smallest absolute Gasteiger partial charge is 0.303 e. The first kappa shape index (κ1) is 20.6. The molecule has 1 amide bonds. The van der Waals surface area contributed by atoms with Crippen LogP contribution < -0.4 is 0 Å². The molecule has 2 rings (SSSR count). The topological polar surface area (TPSA) is 116 Å².